The number of halogens is 3. The predicted molar refractivity (Wildman–Crippen MR) is 74.2 cm³/mol. The minimum Gasteiger partial charge on any atom is -0.325 e. The number of carbonyl (C=O) groups excluding carboxylic acids is 1. The van der Waals surface area contributed by atoms with E-state index in [1.165, 1.54) is 6.07 Å². The Morgan fingerprint density at radius 3 is 2.94 bits per heavy atom. The molecule has 1 heterocycles. The van der Waals surface area contributed by atoms with Gasteiger partial charge in [0.2, 0.25) is 5.91 Å². The maximum absolute atomic E-state index is 13.0. The highest BCUT2D eigenvalue weighted by molar-refractivity contribution is 9.10. The minimum atomic E-state index is -0.340. The van der Waals surface area contributed by atoms with Crippen LogP contribution in [0.5, 0.6) is 0 Å². The van der Waals surface area contributed by atoms with Gasteiger partial charge in [-0.2, -0.15) is 0 Å². The third-order valence-electron chi connectivity index (χ3n) is 2.22. The summed E-state index contributed by atoms with van der Waals surface area (Å²) >= 11 is 4.76. The lowest BCUT2D eigenvalue weighted by atomic mass is 10.2. The zero-order chi connectivity index (χ0) is 11.5. The number of amides is 1. The van der Waals surface area contributed by atoms with Crippen molar-refractivity contribution in [1.82, 2.24) is 5.32 Å². The highest BCUT2D eigenvalue weighted by Crippen LogP contribution is 2.20. The SMILES string of the molecule is Cl.O=C(Nc1ccc(F)c(Br)c1)C1CSCN1. The Labute approximate surface area is 117 Å². The number of hydrogen-bond donors (Lipinski definition) is 2. The van der Waals surface area contributed by atoms with E-state index in [9.17, 15) is 9.18 Å². The lowest BCUT2D eigenvalue weighted by Gasteiger charge is -2.10. The third kappa shape index (κ3) is 3.84. The first-order chi connectivity index (χ1) is 7.66. The Morgan fingerprint density at radius 1 is 1.59 bits per heavy atom. The quantitative estimate of drug-likeness (QED) is 0.869. The van der Waals surface area contributed by atoms with Gasteiger partial charge in [-0.25, -0.2) is 4.39 Å². The molecule has 2 N–H and O–H groups in total. The molecular weight excluding hydrogens is 331 g/mol. The second kappa shape index (κ2) is 6.58. The van der Waals surface area contributed by atoms with Crippen molar-refractivity contribution in [2.24, 2.45) is 0 Å². The van der Waals surface area contributed by atoms with Gasteiger partial charge in [-0.1, -0.05) is 0 Å². The fourth-order valence-electron chi connectivity index (χ4n) is 1.37. The van der Waals surface area contributed by atoms with Crippen LogP contribution in [0.4, 0.5) is 10.1 Å². The summed E-state index contributed by atoms with van der Waals surface area (Å²) in [6.07, 6.45) is 0. The molecule has 1 aromatic carbocycles. The number of rotatable bonds is 2. The topological polar surface area (TPSA) is 41.1 Å². The van der Waals surface area contributed by atoms with Gasteiger partial charge >= 0.3 is 0 Å². The van der Waals surface area contributed by atoms with Crippen LogP contribution in [0, 0.1) is 5.82 Å². The van der Waals surface area contributed by atoms with Crippen molar-refractivity contribution in [3.63, 3.8) is 0 Å². The number of anilines is 1. The highest BCUT2D eigenvalue weighted by Gasteiger charge is 2.22. The fourth-order valence-corrected chi connectivity index (χ4v) is 2.69. The van der Waals surface area contributed by atoms with Crippen LogP contribution in [0.1, 0.15) is 0 Å². The van der Waals surface area contributed by atoms with Crippen molar-refractivity contribution in [2.75, 3.05) is 16.9 Å². The van der Waals surface area contributed by atoms with Gasteiger partial charge in [-0.05, 0) is 34.1 Å². The Hall–Kier alpha value is -0.300. The van der Waals surface area contributed by atoms with E-state index in [4.69, 9.17) is 0 Å². The van der Waals surface area contributed by atoms with E-state index in [0.717, 1.165) is 11.6 Å². The fraction of sp³-hybridized carbons (Fsp3) is 0.300. The summed E-state index contributed by atoms with van der Waals surface area (Å²) in [5, 5.41) is 5.81. The summed E-state index contributed by atoms with van der Waals surface area (Å²) in [4.78, 5) is 11.7. The van der Waals surface area contributed by atoms with Crippen LogP contribution in [0.3, 0.4) is 0 Å². The second-order valence-corrected chi connectivity index (χ2v) is 5.27. The first kappa shape index (κ1) is 14.8. The van der Waals surface area contributed by atoms with E-state index in [1.807, 2.05) is 0 Å². The van der Waals surface area contributed by atoms with Gasteiger partial charge in [0, 0.05) is 17.3 Å². The van der Waals surface area contributed by atoms with Crippen LogP contribution in [0.15, 0.2) is 22.7 Å². The number of benzene rings is 1. The number of hydrogen-bond acceptors (Lipinski definition) is 3. The summed E-state index contributed by atoms with van der Waals surface area (Å²) < 4.78 is 13.3. The van der Waals surface area contributed by atoms with E-state index in [0.29, 0.717) is 10.2 Å². The molecule has 1 aromatic rings. The molecule has 2 rings (SSSR count). The van der Waals surface area contributed by atoms with Gasteiger partial charge < -0.3 is 5.32 Å². The van der Waals surface area contributed by atoms with E-state index in [2.05, 4.69) is 26.6 Å². The Morgan fingerprint density at radius 2 is 2.35 bits per heavy atom. The molecule has 0 aliphatic carbocycles. The first-order valence-electron chi connectivity index (χ1n) is 4.74. The standard InChI is InChI=1S/C10H10BrFN2OS.ClH/c11-7-3-6(1-2-8(7)12)14-10(15)9-4-16-5-13-9;/h1-3,9,13H,4-5H2,(H,14,15);1H. The summed E-state index contributed by atoms with van der Waals surface area (Å²) in [6.45, 7) is 0. The van der Waals surface area contributed by atoms with Crippen LogP contribution in [0.2, 0.25) is 0 Å². The molecule has 0 spiro atoms. The van der Waals surface area contributed by atoms with Gasteiger partial charge in [0.05, 0.1) is 10.5 Å². The van der Waals surface area contributed by atoms with Gasteiger partial charge in [0.25, 0.3) is 0 Å². The molecule has 1 aliphatic rings. The van der Waals surface area contributed by atoms with Crippen molar-refractivity contribution in [1.29, 1.82) is 0 Å². The first-order valence-corrected chi connectivity index (χ1v) is 6.68. The normalized spacial score (nSPS) is 18.6. The average Bonchev–Trinajstić information content (AvgIpc) is 2.77. The molecular formula is C10H11BrClFN2OS. The molecule has 3 nitrogen and oxygen atoms in total. The second-order valence-electron chi connectivity index (χ2n) is 3.39. The van der Waals surface area contributed by atoms with Crippen molar-refractivity contribution in [3.8, 4) is 0 Å². The van der Waals surface area contributed by atoms with Crippen LogP contribution < -0.4 is 10.6 Å². The summed E-state index contributed by atoms with van der Waals surface area (Å²) in [7, 11) is 0. The smallest absolute Gasteiger partial charge is 0.242 e. The van der Waals surface area contributed by atoms with Gasteiger partial charge in [-0.3, -0.25) is 10.1 Å². The van der Waals surface area contributed by atoms with Crippen LogP contribution in [-0.2, 0) is 4.79 Å². The average molecular weight is 342 g/mol. The molecule has 1 fully saturated rings. The van der Waals surface area contributed by atoms with E-state index < -0.39 is 0 Å². The van der Waals surface area contributed by atoms with E-state index in [1.54, 1.807) is 23.9 Å². The molecule has 17 heavy (non-hydrogen) atoms. The summed E-state index contributed by atoms with van der Waals surface area (Å²) in [6, 6.07) is 4.25. The van der Waals surface area contributed by atoms with Crippen molar-refractivity contribution < 1.29 is 9.18 Å². The molecule has 0 radical (unpaired) electrons. The van der Waals surface area contributed by atoms with Gasteiger partial charge in [-0.15, -0.1) is 24.2 Å². The zero-order valence-electron chi connectivity index (χ0n) is 8.70. The Balaban J connectivity index is 0.00000144. The lowest BCUT2D eigenvalue weighted by molar-refractivity contribution is -0.117. The molecule has 7 heteroatoms. The molecule has 1 aliphatic heterocycles. The van der Waals surface area contributed by atoms with Crippen LogP contribution in [0.25, 0.3) is 0 Å². The number of nitrogens with one attached hydrogen (secondary N) is 2. The van der Waals surface area contributed by atoms with Crippen LogP contribution in [-0.4, -0.2) is 23.6 Å². The molecule has 0 aromatic heterocycles. The largest absolute Gasteiger partial charge is 0.325 e. The summed E-state index contributed by atoms with van der Waals surface area (Å²) in [5.41, 5.74) is 0.594. The van der Waals surface area contributed by atoms with Crippen molar-refractivity contribution in [3.05, 3.63) is 28.5 Å². The number of carbonyl (C=O) groups is 1. The Bertz CT molecular complexity index is 415. The van der Waals surface area contributed by atoms with Crippen molar-refractivity contribution >= 4 is 51.7 Å². The van der Waals surface area contributed by atoms with Crippen LogP contribution >= 0.6 is 40.1 Å². The Kier molecular flexibility index (Phi) is 5.72. The third-order valence-corrected chi connectivity index (χ3v) is 3.77. The molecule has 1 saturated heterocycles. The van der Waals surface area contributed by atoms with Gasteiger partial charge in [0.15, 0.2) is 0 Å². The van der Waals surface area contributed by atoms with Gasteiger partial charge in [0.1, 0.15) is 5.82 Å². The minimum absolute atomic E-state index is 0. The number of thioether (sulfide) groups is 1. The van der Waals surface area contributed by atoms with Crippen molar-refractivity contribution in [2.45, 2.75) is 6.04 Å². The summed E-state index contributed by atoms with van der Waals surface area (Å²) in [5.74, 6) is 1.15. The maximum atomic E-state index is 13.0. The maximum Gasteiger partial charge on any atom is 0.242 e. The molecule has 1 amide bonds. The molecule has 1 atom stereocenters. The molecule has 1 unspecified atom stereocenters. The zero-order valence-corrected chi connectivity index (χ0v) is 11.9. The lowest BCUT2D eigenvalue weighted by Crippen LogP contribution is -2.37. The van der Waals surface area contributed by atoms with E-state index >= 15 is 0 Å². The molecule has 94 valence electrons. The molecule has 0 bridgehead atoms. The molecule has 0 saturated carbocycles. The van der Waals surface area contributed by atoms with E-state index in [-0.39, 0.29) is 30.2 Å². The predicted octanol–water partition coefficient (Wildman–Crippen LogP) is 2.61. The monoisotopic (exact) mass is 340 g/mol. The highest BCUT2D eigenvalue weighted by atomic mass is 79.9.